The van der Waals surface area contributed by atoms with Crippen LogP contribution in [0.25, 0.3) is 0 Å². The maximum absolute atomic E-state index is 5.58. The van der Waals surface area contributed by atoms with Crippen molar-refractivity contribution >= 4 is 0 Å². The molecule has 108 valence electrons. The van der Waals surface area contributed by atoms with E-state index in [4.69, 9.17) is 5.73 Å². The third kappa shape index (κ3) is 2.26. The Kier molecular flexibility index (Phi) is 3.06. The highest BCUT2D eigenvalue weighted by atomic mass is 14.9. The topological polar surface area (TPSA) is 51.8 Å². The molecule has 0 saturated heterocycles. The van der Waals surface area contributed by atoms with E-state index >= 15 is 0 Å². The highest BCUT2D eigenvalue weighted by Gasteiger charge is 2.50. The van der Waals surface area contributed by atoms with Gasteiger partial charge in [0, 0.05) is 18.8 Å². The summed E-state index contributed by atoms with van der Waals surface area (Å²) in [5.41, 5.74) is 7.29. The molecule has 4 bridgehead atoms. The number of nitrogens with two attached hydrogens (primary N) is 1. The molecule has 0 unspecified atom stereocenters. The molecule has 20 heavy (non-hydrogen) atoms. The van der Waals surface area contributed by atoms with E-state index in [-0.39, 0.29) is 0 Å². The molecule has 0 atom stereocenters. The Hall–Kier alpha value is -0.960. The Bertz CT molecular complexity index is 444. The molecular formula is C17H25N3. The van der Waals surface area contributed by atoms with E-state index in [1.165, 1.54) is 44.1 Å². The van der Waals surface area contributed by atoms with Crippen molar-refractivity contribution in [2.24, 2.45) is 28.9 Å². The molecule has 4 saturated carbocycles. The minimum Gasteiger partial charge on any atom is -0.330 e. The first-order valence-electron chi connectivity index (χ1n) is 8.24. The van der Waals surface area contributed by atoms with Gasteiger partial charge in [0.1, 0.15) is 5.82 Å². The van der Waals surface area contributed by atoms with Gasteiger partial charge < -0.3 is 5.73 Å². The highest BCUT2D eigenvalue weighted by molar-refractivity contribution is 5.09. The lowest BCUT2D eigenvalue weighted by Gasteiger charge is -2.56. The molecule has 4 fully saturated rings. The molecule has 0 amide bonds. The van der Waals surface area contributed by atoms with Gasteiger partial charge in [-0.3, -0.25) is 0 Å². The Balaban J connectivity index is 1.50. The molecule has 1 aromatic heterocycles. The fourth-order valence-electron chi connectivity index (χ4n) is 5.61. The third-order valence-corrected chi connectivity index (χ3v) is 5.89. The van der Waals surface area contributed by atoms with Crippen LogP contribution < -0.4 is 5.73 Å². The quantitative estimate of drug-likeness (QED) is 0.916. The fraction of sp³-hybridized carbons (Fsp3) is 0.765. The molecule has 3 heteroatoms. The molecular weight excluding hydrogens is 246 g/mol. The lowest BCUT2D eigenvalue weighted by atomic mass is 9.49. The molecule has 2 N–H and O–H groups in total. The molecule has 1 heterocycles. The summed E-state index contributed by atoms with van der Waals surface area (Å²) in [5, 5.41) is 0. The molecule has 0 radical (unpaired) electrons. The van der Waals surface area contributed by atoms with Crippen LogP contribution in [0.5, 0.6) is 0 Å². The Morgan fingerprint density at radius 3 is 2.05 bits per heavy atom. The number of rotatable bonds is 4. The standard InChI is InChI=1S/C17H25N3/c18-2-1-12-10-19-16(20-11-12)9-17-6-13-3-14(7-17)5-15(4-13)8-17/h10-11,13-15H,1-9,18H2. The van der Waals surface area contributed by atoms with Crippen LogP contribution in [0.4, 0.5) is 0 Å². The summed E-state index contributed by atoms with van der Waals surface area (Å²) in [6, 6.07) is 0. The van der Waals surface area contributed by atoms with Crippen LogP contribution in [0.3, 0.4) is 0 Å². The molecule has 0 spiro atoms. The van der Waals surface area contributed by atoms with Gasteiger partial charge in [0.25, 0.3) is 0 Å². The van der Waals surface area contributed by atoms with E-state index in [1.54, 1.807) is 0 Å². The molecule has 5 rings (SSSR count). The summed E-state index contributed by atoms with van der Waals surface area (Å²) in [7, 11) is 0. The second kappa shape index (κ2) is 4.80. The molecule has 0 aliphatic heterocycles. The van der Waals surface area contributed by atoms with Crippen LogP contribution in [0, 0.1) is 23.2 Å². The third-order valence-electron chi connectivity index (χ3n) is 5.89. The van der Waals surface area contributed by atoms with Gasteiger partial charge in [-0.2, -0.15) is 0 Å². The lowest BCUT2D eigenvalue weighted by Crippen LogP contribution is -2.47. The summed E-state index contributed by atoms with van der Waals surface area (Å²) >= 11 is 0. The zero-order valence-electron chi connectivity index (χ0n) is 12.2. The van der Waals surface area contributed by atoms with E-state index in [0.29, 0.717) is 12.0 Å². The predicted octanol–water partition coefficient (Wildman–Crippen LogP) is 2.74. The van der Waals surface area contributed by atoms with Crippen molar-refractivity contribution in [3.63, 3.8) is 0 Å². The van der Waals surface area contributed by atoms with Crippen LogP contribution in [0.1, 0.15) is 49.9 Å². The summed E-state index contributed by atoms with van der Waals surface area (Å²) < 4.78 is 0. The van der Waals surface area contributed by atoms with Crippen molar-refractivity contribution in [3.8, 4) is 0 Å². The zero-order chi connectivity index (χ0) is 13.6. The zero-order valence-corrected chi connectivity index (χ0v) is 12.2. The molecule has 3 nitrogen and oxygen atoms in total. The van der Waals surface area contributed by atoms with E-state index in [1.807, 2.05) is 12.4 Å². The monoisotopic (exact) mass is 271 g/mol. The summed E-state index contributed by atoms with van der Waals surface area (Å²) in [4.78, 5) is 9.21. The van der Waals surface area contributed by atoms with Gasteiger partial charge in [-0.25, -0.2) is 9.97 Å². The van der Waals surface area contributed by atoms with Crippen LogP contribution >= 0.6 is 0 Å². The van der Waals surface area contributed by atoms with Crippen molar-refractivity contribution in [2.45, 2.75) is 51.4 Å². The minimum absolute atomic E-state index is 0.546. The maximum Gasteiger partial charge on any atom is 0.128 e. The van der Waals surface area contributed by atoms with Gasteiger partial charge in [0.05, 0.1) is 0 Å². The van der Waals surface area contributed by atoms with Crippen molar-refractivity contribution in [1.29, 1.82) is 0 Å². The Morgan fingerprint density at radius 1 is 1.00 bits per heavy atom. The van der Waals surface area contributed by atoms with Crippen molar-refractivity contribution < 1.29 is 0 Å². The van der Waals surface area contributed by atoms with E-state index in [2.05, 4.69) is 9.97 Å². The molecule has 0 aromatic carbocycles. The van der Waals surface area contributed by atoms with Gasteiger partial charge in [-0.15, -0.1) is 0 Å². The smallest absolute Gasteiger partial charge is 0.128 e. The predicted molar refractivity (Wildman–Crippen MR) is 79.1 cm³/mol. The summed E-state index contributed by atoms with van der Waals surface area (Å²) in [6.07, 6.45) is 14.8. The number of aromatic nitrogens is 2. The van der Waals surface area contributed by atoms with Gasteiger partial charge in [0.15, 0.2) is 0 Å². The van der Waals surface area contributed by atoms with Crippen molar-refractivity contribution in [3.05, 3.63) is 23.8 Å². The van der Waals surface area contributed by atoms with Crippen molar-refractivity contribution in [2.75, 3.05) is 6.54 Å². The van der Waals surface area contributed by atoms with E-state index < -0.39 is 0 Å². The Labute approximate surface area is 121 Å². The largest absolute Gasteiger partial charge is 0.330 e. The van der Waals surface area contributed by atoms with E-state index in [0.717, 1.165) is 36.4 Å². The summed E-state index contributed by atoms with van der Waals surface area (Å²) in [6.45, 7) is 0.678. The first kappa shape index (κ1) is 12.8. The van der Waals surface area contributed by atoms with Crippen LogP contribution in [0.2, 0.25) is 0 Å². The average molecular weight is 271 g/mol. The number of hydrogen-bond donors (Lipinski definition) is 1. The molecule has 4 aliphatic rings. The second-order valence-corrected chi connectivity index (χ2v) is 7.64. The molecule has 4 aliphatic carbocycles. The molecule has 1 aromatic rings. The lowest BCUT2D eigenvalue weighted by molar-refractivity contribution is -0.0531. The number of hydrogen-bond acceptors (Lipinski definition) is 3. The first-order valence-corrected chi connectivity index (χ1v) is 8.24. The SMILES string of the molecule is NCCc1cnc(CC23CC4CC(CC(C4)C2)C3)nc1. The highest BCUT2D eigenvalue weighted by Crippen LogP contribution is 2.60. The van der Waals surface area contributed by atoms with Crippen LogP contribution in [-0.2, 0) is 12.8 Å². The van der Waals surface area contributed by atoms with Gasteiger partial charge in [-0.1, -0.05) is 0 Å². The minimum atomic E-state index is 0.546. The van der Waals surface area contributed by atoms with Gasteiger partial charge >= 0.3 is 0 Å². The van der Waals surface area contributed by atoms with E-state index in [9.17, 15) is 0 Å². The fourth-order valence-corrected chi connectivity index (χ4v) is 5.61. The van der Waals surface area contributed by atoms with Gasteiger partial charge in [0.2, 0.25) is 0 Å². The summed E-state index contributed by atoms with van der Waals surface area (Å²) in [5.74, 6) is 4.10. The second-order valence-electron chi connectivity index (χ2n) is 7.64. The normalized spacial score (nSPS) is 38.4. The maximum atomic E-state index is 5.58. The van der Waals surface area contributed by atoms with Crippen molar-refractivity contribution in [1.82, 2.24) is 9.97 Å². The van der Waals surface area contributed by atoms with Crippen LogP contribution in [0.15, 0.2) is 12.4 Å². The number of nitrogens with zero attached hydrogens (tertiary/aromatic N) is 2. The van der Waals surface area contributed by atoms with Gasteiger partial charge in [-0.05, 0) is 80.2 Å². The Morgan fingerprint density at radius 2 is 1.55 bits per heavy atom. The average Bonchev–Trinajstić information content (AvgIpc) is 2.39. The first-order chi connectivity index (χ1) is 9.75. The van der Waals surface area contributed by atoms with Crippen LogP contribution in [-0.4, -0.2) is 16.5 Å².